The molecule has 0 amide bonds. The number of benzene rings is 2. The molecule has 5 heteroatoms. The van der Waals surface area contributed by atoms with Crippen LogP contribution in [0.25, 0.3) is 22.3 Å². The number of halogens is 3. The second-order valence-corrected chi connectivity index (χ2v) is 5.09. The molecule has 1 aromatic heterocycles. The highest BCUT2D eigenvalue weighted by Crippen LogP contribution is 2.40. The summed E-state index contributed by atoms with van der Waals surface area (Å²) in [5, 5.41) is 7.93. The van der Waals surface area contributed by atoms with Crippen molar-refractivity contribution in [2.45, 2.75) is 0 Å². The Kier molecular flexibility index (Phi) is 3.86. The van der Waals surface area contributed by atoms with E-state index in [2.05, 4.69) is 10.2 Å². The molecule has 2 nitrogen and oxygen atoms in total. The zero-order valence-corrected chi connectivity index (χ0v) is 12.2. The lowest BCUT2D eigenvalue weighted by molar-refractivity contribution is 0.631. The van der Waals surface area contributed by atoms with E-state index in [1.54, 1.807) is 18.2 Å². The minimum atomic E-state index is -0.388. The molecule has 3 rings (SSSR count). The van der Waals surface area contributed by atoms with Crippen molar-refractivity contribution in [1.29, 1.82) is 0 Å². The maximum atomic E-state index is 14.1. The van der Waals surface area contributed by atoms with Gasteiger partial charge in [-0.3, -0.25) is 0 Å². The third-order valence-corrected chi connectivity index (χ3v) is 3.62. The van der Waals surface area contributed by atoms with E-state index in [1.807, 2.05) is 30.3 Å². The summed E-state index contributed by atoms with van der Waals surface area (Å²) in [7, 11) is 0. The van der Waals surface area contributed by atoms with Crippen molar-refractivity contribution in [3.63, 3.8) is 0 Å². The predicted octanol–water partition coefficient (Wildman–Crippen LogP) is 5.26. The summed E-state index contributed by atoms with van der Waals surface area (Å²) in [5.74, 6) is -0.388. The van der Waals surface area contributed by atoms with E-state index in [4.69, 9.17) is 23.2 Å². The fourth-order valence-electron chi connectivity index (χ4n) is 2.17. The Morgan fingerprint density at radius 1 is 0.714 bits per heavy atom. The van der Waals surface area contributed by atoms with Crippen molar-refractivity contribution in [1.82, 2.24) is 10.2 Å². The van der Waals surface area contributed by atoms with Gasteiger partial charge in [0.05, 0.1) is 0 Å². The van der Waals surface area contributed by atoms with E-state index in [0.29, 0.717) is 16.7 Å². The summed E-state index contributed by atoms with van der Waals surface area (Å²) in [6, 6.07) is 15.7. The maximum Gasteiger partial charge on any atom is 0.160 e. The lowest BCUT2D eigenvalue weighted by atomic mass is 9.97. The maximum absolute atomic E-state index is 14.1. The summed E-state index contributed by atoms with van der Waals surface area (Å²) >= 11 is 12.3. The molecule has 2 aromatic carbocycles. The lowest BCUT2D eigenvalue weighted by Crippen LogP contribution is -1.96. The highest BCUT2D eigenvalue weighted by Gasteiger charge is 2.19. The third-order valence-electron chi connectivity index (χ3n) is 3.09. The Labute approximate surface area is 131 Å². The highest BCUT2D eigenvalue weighted by molar-refractivity contribution is 6.36. The van der Waals surface area contributed by atoms with Gasteiger partial charge in [-0.15, -0.1) is 10.2 Å². The zero-order valence-electron chi connectivity index (χ0n) is 10.7. The highest BCUT2D eigenvalue weighted by atomic mass is 35.5. The minimum Gasteiger partial charge on any atom is -0.206 e. The second-order valence-electron chi connectivity index (χ2n) is 4.38. The van der Waals surface area contributed by atoms with Gasteiger partial charge in [0, 0.05) is 16.7 Å². The van der Waals surface area contributed by atoms with Crippen LogP contribution in [0.15, 0.2) is 54.6 Å². The first-order chi connectivity index (χ1) is 10.2. The van der Waals surface area contributed by atoms with Crippen molar-refractivity contribution in [2.24, 2.45) is 0 Å². The molecule has 0 aliphatic heterocycles. The monoisotopic (exact) mass is 318 g/mol. The molecule has 0 atom stereocenters. The first kappa shape index (κ1) is 14.0. The van der Waals surface area contributed by atoms with E-state index < -0.39 is 0 Å². The van der Waals surface area contributed by atoms with Crippen LogP contribution in [0, 0.1) is 5.82 Å². The summed E-state index contributed by atoms with van der Waals surface area (Å²) < 4.78 is 14.1. The molecule has 0 saturated heterocycles. The Morgan fingerprint density at radius 2 is 1.29 bits per heavy atom. The molecule has 104 valence electrons. The average Bonchev–Trinajstić information content (AvgIpc) is 2.51. The molecule has 0 N–H and O–H groups in total. The van der Waals surface area contributed by atoms with Gasteiger partial charge >= 0.3 is 0 Å². The Bertz CT molecular complexity index is 792. The van der Waals surface area contributed by atoms with E-state index >= 15 is 0 Å². The van der Waals surface area contributed by atoms with Crippen LogP contribution in [0.3, 0.4) is 0 Å². The molecular weight excluding hydrogens is 310 g/mol. The molecule has 0 saturated carbocycles. The number of hydrogen-bond donors (Lipinski definition) is 0. The summed E-state index contributed by atoms with van der Waals surface area (Å²) in [6.45, 7) is 0. The quantitative estimate of drug-likeness (QED) is 0.644. The van der Waals surface area contributed by atoms with Crippen LogP contribution in [-0.4, -0.2) is 10.2 Å². The summed E-state index contributed by atoms with van der Waals surface area (Å²) in [4.78, 5) is 0. The van der Waals surface area contributed by atoms with Crippen molar-refractivity contribution in [3.8, 4) is 22.3 Å². The van der Waals surface area contributed by atoms with Crippen LogP contribution in [-0.2, 0) is 0 Å². The fourth-order valence-corrected chi connectivity index (χ4v) is 2.65. The largest absolute Gasteiger partial charge is 0.206 e. The van der Waals surface area contributed by atoms with Crippen LogP contribution >= 0.6 is 23.2 Å². The van der Waals surface area contributed by atoms with Gasteiger partial charge in [-0.2, -0.15) is 0 Å². The zero-order chi connectivity index (χ0) is 14.8. The van der Waals surface area contributed by atoms with Crippen molar-refractivity contribution in [2.75, 3.05) is 0 Å². The van der Waals surface area contributed by atoms with Gasteiger partial charge in [-0.25, -0.2) is 4.39 Å². The fraction of sp³-hybridized carbons (Fsp3) is 0. The number of rotatable bonds is 2. The molecule has 0 aliphatic carbocycles. The predicted molar refractivity (Wildman–Crippen MR) is 82.9 cm³/mol. The van der Waals surface area contributed by atoms with E-state index in [9.17, 15) is 4.39 Å². The normalized spacial score (nSPS) is 10.6. The number of aromatic nitrogens is 2. The standard InChI is InChI=1S/C16H9Cl2FN2/c17-15-13(10-6-2-1-3-7-10)14(16(18)21-20-15)11-8-4-5-9-12(11)19/h1-9H. The van der Waals surface area contributed by atoms with Crippen molar-refractivity contribution < 1.29 is 4.39 Å². The van der Waals surface area contributed by atoms with Gasteiger partial charge in [0.2, 0.25) is 0 Å². The van der Waals surface area contributed by atoms with Crippen LogP contribution in [0.5, 0.6) is 0 Å². The van der Waals surface area contributed by atoms with E-state index in [1.165, 1.54) is 6.07 Å². The van der Waals surface area contributed by atoms with Crippen LogP contribution in [0.2, 0.25) is 10.3 Å². The van der Waals surface area contributed by atoms with Gasteiger partial charge in [-0.05, 0) is 11.6 Å². The lowest BCUT2D eigenvalue weighted by Gasteiger charge is -2.13. The third kappa shape index (κ3) is 2.62. The van der Waals surface area contributed by atoms with Crippen LogP contribution in [0.4, 0.5) is 4.39 Å². The summed E-state index contributed by atoms with van der Waals surface area (Å²) in [6.07, 6.45) is 0. The molecule has 0 bridgehead atoms. The Balaban J connectivity index is 2.35. The first-order valence-corrected chi connectivity index (χ1v) is 6.96. The van der Waals surface area contributed by atoms with Crippen LogP contribution in [0.1, 0.15) is 0 Å². The molecule has 0 spiro atoms. The molecular formula is C16H9Cl2FN2. The van der Waals surface area contributed by atoms with Crippen molar-refractivity contribution in [3.05, 3.63) is 70.7 Å². The van der Waals surface area contributed by atoms with E-state index in [-0.39, 0.29) is 16.1 Å². The smallest absolute Gasteiger partial charge is 0.160 e. The molecule has 0 aliphatic rings. The van der Waals surface area contributed by atoms with Crippen molar-refractivity contribution >= 4 is 23.2 Å². The summed E-state index contributed by atoms with van der Waals surface area (Å²) in [5.41, 5.74) is 2.17. The van der Waals surface area contributed by atoms with Gasteiger partial charge in [0.15, 0.2) is 10.3 Å². The first-order valence-electron chi connectivity index (χ1n) is 6.20. The van der Waals surface area contributed by atoms with Gasteiger partial charge in [0.25, 0.3) is 0 Å². The Morgan fingerprint density at radius 3 is 1.95 bits per heavy atom. The molecule has 3 aromatic rings. The van der Waals surface area contributed by atoms with Crippen LogP contribution < -0.4 is 0 Å². The molecule has 0 unspecified atom stereocenters. The molecule has 1 heterocycles. The molecule has 0 fully saturated rings. The number of hydrogen-bond acceptors (Lipinski definition) is 2. The van der Waals surface area contributed by atoms with Gasteiger partial charge in [0.1, 0.15) is 5.82 Å². The molecule has 0 radical (unpaired) electrons. The Hall–Kier alpha value is -1.97. The second kappa shape index (κ2) is 5.80. The SMILES string of the molecule is Fc1ccccc1-c1c(Cl)nnc(Cl)c1-c1ccccc1. The number of nitrogens with zero attached hydrogens (tertiary/aromatic N) is 2. The topological polar surface area (TPSA) is 25.8 Å². The average molecular weight is 319 g/mol. The minimum absolute atomic E-state index is 0.114. The van der Waals surface area contributed by atoms with Gasteiger partial charge in [-0.1, -0.05) is 71.7 Å². The van der Waals surface area contributed by atoms with E-state index in [0.717, 1.165) is 5.56 Å². The molecule has 21 heavy (non-hydrogen) atoms. The van der Waals surface area contributed by atoms with Gasteiger partial charge < -0.3 is 0 Å².